The lowest BCUT2D eigenvalue weighted by molar-refractivity contribution is 0.0936. The number of aromatic nitrogens is 1. The van der Waals surface area contributed by atoms with E-state index in [9.17, 15) is 13.2 Å². The maximum absolute atomic E-state index is 12.2. The number of carbonyl (C=O) groups excluding carboxylic acids is 1. The van der Waals surface area contributed by atoms with Crippen molar-refractivity contribution in [2.45, 2.75) is 19.4 Å². The first-order valence-electron chi connectivity index (χ1n) is 8.41. The van der Waals surface area contributed by atoms with Crippen molar-refractivity contribution in [3.63, 3.8) is 0 Å². The zero-order valence-corrected chi connectivity index (χ0v) is 14.8. The summed E-state index contributed by atoms with van der Waals surface area (Å²) in [5.74, 6) is -0.133. The number of hydrogen-bond donors (Lipinski definition) is 1. The molecule has 2 aliphatic rings. The molecule has 1 N–H and O–H groups in total. The van der Waals surface area contributed by atoms with Crippen molar-refractivity contribution in [1.29, 1.82) is 0 Å². The minimum Gasteiger partial charge on any atom is -0.368 e. The number of likely N-dealkylation sites (N-methyl/N-ethyl adjacent to an activating group) is 1. The Morgan fingerprint density at radius 1 is 1.29 bits per heavy atom. The Bertz CT molecular complexity index is 682. The van der Waals surface area contributed by atoms with E-state index in [2.05, 4.69) is 27.0 Å². The van der Waals surface area contributed by atoms with Gasteiger partial charge in [-0.25, -0.2) is 13.4 Å². The summed E-state index contributed by atoms with van der Waals surface area (Å²) in [6.45, 7) is 7.23. The first-order chi connectivity index (χ1) is 11.5. The van der Waals surface area contributed by atoms with E-state index in [1.165, 1.54) is 0 Å². The highest BCUT2D eigenvalue weighted by molar-refractivity contribution is 7.91. The van der Waals surface area contributed by atoms with Crippen LogP contribution in [0, 0.1) is 0 Å². The molecular formula is C16H24N4O3S. The highest BCUT2D eigenvalue weighted by atomic mass is 32.2. The van der Waals surface area contributed by atoms with E-state index in [4.69, 9.17) is 0 Å². The number of amides is 1. The third-order valence-electron chi connectivity index (χ3n) is 4.73. The molecule has 2 fully saturated rings. The summed E-state index contributed by atoms with van der Waals surface area (Å²) in [4.78, 5) is 21.1. The minimum absolute atomic E-state index is 0.0263. The Morgan fingerprint density at radius 2 is 2.04 bits per heavy atom. The molecule has 1 aromatic heterocycles. The Labute approximate surface area is 143 Å². The Morgan fingerprint density at radius 3 is 2.58 bits per heavy atom. The van der Waals surface area contributed by atoms with Crippen molar-refractivity contribution in [1.82, 2.24) is 15.2 Å². The highest BCUT2D eigenvalue weighted by Gasteiger charge is 2.29. The maximum Gasteiger partial charge on any atom is 0.270 e. The molecule has 0 bridgehead atoms. The normalized spacial score (nSPS) is 24.0. The molecule has 132 valence electrons. The molecule has 2 saturated heterocycles. The maximum atomic E-state index is 12.2. The number of rotatable bonds is 4. The number of piperazine rings is 1. The molecule has 1 aromatic rings. The van der Waals surface area contributed by atoms with Crippen molar-refractivity contribution in [2.75, 3.05) is 49.1 Å². The van der Waals surface area contributed by atoms with Crippen molar-refractivity contribution < 1.29 is 13.2 Å². The monoisotopic (exact) mass is 352 g/mol. The standard InChI is InChI=1S/C16H24N4O3S/c1-2-19-6-8-20(9-7-19)14-3-4-15(17-11-14)16(21)18-13-5-10-24(22,23)12-13/h3-4,11,13H,2,5-10,12H2,1H3,(H,18,21). The van der Waals surface area contributed by atoms with E-state index in [1.807, 2.05) is 6.07 Å². The molecule has 3 heterocycles. The Balaban J connectivity index is 1.57. The average molecular weight is 352 g/mol. The zero-order chi connectivity index (χ0) is 17.2. The van der Waals surface area contributed by atoms with Crippen molar-refractivity contribution in [2.24, 2.45) is 0 Å². The van der Waals surface area contributed by atoms with E-state index < -0.39 is 9.84 Å². The fraction of sp³-hybridized carbons (Fsp3) is 0.625. The second kappa shape index (κ2) is 7.06. The quantitative estimate of drug-likeness (QED) is 0.830. The van der Waals surface area contributed by atoms with Crippen LogP contribution in [0.25, 0.3) is 0 Å². The number of nitrogens with zero attached hydrogens (tertiary/aromatic N) is 3. The number of anilines is 1. The molecule has 8 heteroatoms. The number of hydrogen-bond acceptors (Lipinski definition) is 6. The zero-order valence-electron chi connectivity index (χ0n) is 13.9. The molecule has 1 atom stereocenters. The van der Waals surface area contributed by atoms with Gasteiger partial charge in [-0.15, -0.1) is 0 Å². The van der Waals surface area contributed by atoms with Gasteiger partial charge in [0, 0.05) is 32.2 Å². The summed E-state index contributed by atoms with van der Waals surface area (Å²) < 4.78 is 22.9. The first kappa shape index (κ1) is 17.2. The van der Waals surface area contributed by atoms with Gasteiger partial charge >= 0.3 is 0 Å². The van der Waals surface area contributed by atoms with E-state index in [0.29, 0.717) is 12.1 Å². The second-order valence-corrected chi connectivity index (χ2v) is 8.63. The lowest BCUT2D eigenvalue weighted by Gasteiger charge is -2.35. The van der Waals surface area contributed by atoms with Gasteiger partial charge in [-0.3, -0.25) is 4.79 Å². The molecular weight excluding hydrogens is 328 g/mol. The summed E-state index contributed by atoms with van der Waals surface area (Å²) in [5, 5.41) is 2.76. The molecule has 1 amide bonds. The molecule has 0 saturated carbocycles. The van der Waals surface area contributed by atoms with Crippen LogP contribution < -0.4 is 10.2 Å². The van der Waals surface area contributed by atoms with Crippen LogP contribution in [0.15, 0.2) is 18.3 Å². The minimum atomic E-state index is -3.00. The van der Waals surface area contributed by atoms with Crippen LogP contribution in [0.2, 0.25) is 0 Å². The van der Waals surface area contributed by atoms with E-state index in [1.54, 1.807) is 12.3 Å². The molecule has 1 unspecified atom stereocenters. The Hall–Kier alpha value is -1.67. The molecule has 7 nitrogen and oxygen atoms in total. The van der Waals surface area contributed by atoms with E-state index >= 15 is 0 Å². The van der Waals surface area contributed by atoms with Gasteiger partial charge in [0.2, 0.25) is 0 Å². The first-order valence-corrected chi connectivity index (χ1v) is 10.2. The van der Waals surface area contributed by atoms with Gasteiger partial charge in [0.25, 0.3) is 5.91 Å². The van der Waals surface area contributed by atoms with Gasteiger partial charge in [0.05, 0.1) is 23.4 Å². The summed E-state index contributed by atoms with van der Waals surface area (Å²) in [7, 11) is -3.00. The third kappa shape index (κ3) is 4.05. The highest BCUT2D eigenvalue weighted by Crippen LogP contribution is 2.16. The summed E-state index contributed by atoms with van der Waals surface area (Å²) >= 11 is 0. The summed E-state index contributed by atoms with van der Waals surface area (Å²) in [5.41, 5.74) is 1.35. The van der Waals surface area contributed by atoms with Crippen molar-refractivity contribution in [3.8, 4) is 0 Å². The van der Waals surface area contributed by atoms with Gasteiger partial charge in [-0.2, -0.15) is 0 Å². The molecule has 0 aliphatic carbocycles. The SMILES string of the molecule is CCN1CCN(c2ccc(C(=O)NC3CCS(=O)(=O)C3)nc2)CC1. The third-order valence-corrected chi connectivity index (χ3v) is 6.50. The topological polar surface area (TPSA) is 82.6 Å². The molecule has 24 heavy (non-hydrogen) atoms. The molecule has 0 radical (unpaired) electrons. The van der Waals surface area contributed by atoms with Crippen LogP contribution in [0.4, 0.5) is 5.69 Å². The largest absolute Gasteiger partial charge is 0.368 e. The fourth-order valence-electron chi connectivity index (χ4n) is 3.20. The molecule has 0 aromatic carbocycles. The van der Waals surface area contributed by atoms with Crippen LogP contribution in [-0.2, 0) is 9.84 Å². The van der Waals surface area contributed by atoms with Crippen LogP contribution >= 0.6 is 0 Å². The van der Waals surface area contributed by atoms with Gasteiger partial charge in [-0.05, 0) is 25.1 Å². The predicted octanol–water partition coefficient (Wildman–Crippen LogP) is 0.140. The van der Waals surface area contributed by atoms with Crippen LogP contribution in [0.1, 0.15) is 23.8 Å². The van der Waals surface area contributed by atoms with Crippen LogP contribution in [-0.4, -0.2) is 74.5 Å². The van der Waals surface area contributed by atoms with Crippen LogP contribution in [0.3, 0.4) is 0 Å². The van der Waals surface area contributed by atoms with E-state index in [0.717, 1.165) is 38.4 Å². The summed E-state index contributed by atoms with van der Waals surface area (Å²) in [6, 6.07) is 3.32. The van der Waals surface area contributed by atoms with Gasteiger partial charge in [-0.1, -0.05) is 6.92 Å². The smallest absolute Gasteiger partial charge is 0.270 e. The van der Waals surface area contributed by atoms with Crippen molar-refractivity contribution >= 4 is 21.4 Å². The van der Waals surface area contributed by atoms with E-state index in [-0.39, 0.29) is 23.5 Å². The lowest BCUT2D eigenvalue weighted by Crippen LogP contribution is -2.46. The average Bonchev–Trinajstić information content (AvgIpc) is 2.93. The second-order valence-electron chi connectivity index (χ2n) is 6.40. The summed E-state index contributed by atoms with van der Waals surface area (Å²) in [6.07, 6.45) is 2.20. The van der Waals surface area contributed by atoms with Crippen molar-refractivity contribution in [3.05, 3.63) is 24.0 Å². The lowest BCUT2D eigenvalue weighted by atomic mass is 10.2. The number of nitrogens with one attached hydrogen (secondary N) is 1. The molecule has 0 spiro atoms. The fourth-order valence-corrected chi connectivity index (χ4v) is 4.87. The van der Waals surface area contributed by atoms with Gasteiger partial charge in [0.1, 0.15) is 5.69 Å². The molecule has 2 aliphatic heterocycles. The van der Waals surface area contributed by atoms with Crippen LogP contribution in [0.5, 0.6) is 0 Å². The number of pyridine rings is 1. The Kier molecular flexibility index (Phi) is 5.05. The van der Waals surface area contributed by atoms with Gasteiger partial charge in [0.15, 0.2) is 9.84 Å². The molecule has 3 rings (SSSR count). The predicted molar refractivity (Wildman–Crippen MR) is 93.1 cm³/mol. The number of sulfone groups is 1. The van der Waals surface area contributed by atoms with Gasteiger partial charge < -0.3 is 15.1 Å². The number of carbonyl (C=O) groups is 1.